The number of hydrogen-bond donors (Lipinski definition) is 1. The lowest BCUT2D eigenvalue weighted by Gasteiger charge is -2.10. The fraction of sp³-hybridized carbons (Fsp3) is 0.174. The summed E-state index contributed by atoms with van der Waals surface area (Å²) in [4.78, 5) is 40.3. The first-order chi connectivity index (χ1) is 16.2. The Hall–Kier alpha value is -3.70. The molecule has 0 spiro atoms. The standard InChI is InChI=1S/C23H18N2O7S2/c1-3-13-6-16-15(8-21(27)32-19(16)9-18(13)26)10-31-22(28)14-4-5-20(17(7-14)25(29)30)34-23-24-12(2)11-33-23/h4-9,11,26H,3,10H2,1-2H3. The van der Waals surface area contributed by atoms with E-state index in [1.54, 1.807) is 6.07 Å². The van der Waals surface area contributed by atoms with Crippen molar-refractivity contribution in [3.63, 3.8) is 0 Å². The van der Waals surface area contributed by atoms with Gasteiger partial charge in [0.05, 0.1) is 15.4 Å². The second-order valence-electron chi connectivity index (χ2n) is 7.29. The molecule has 0 aliphatic carbocycles. The number of aryl methyl sites for hydroxylation is 2. The molecule has 0 aliphatic heterocycles. The number of hydrogen-bond acceptors (Lipinski definition) is 10. The van der Waals surface area contributed by atoms with Gasteiger partial charge in [0.1, 0.15) is 17.9 Å². The molecule has 1 N–H and O–H groups in total. The number of fused-ring (bicyclic) bond motifs is 1. The molecule has 0 bridgehead atoms. The first-order valence-corrected chi connectivity index (χ1v) is 11.8. The molecule has 0 unspecified atom stereocenters. The van der Waals surface area contributed by atoms with Crippen LogP contribution in [0.25, 0.3) is 11.0 Å². The van der Waals surface area contributed by atoms with Crippen molar-refractivity contribution in [1.29, 1.82) is 0 Å². The van der Waals surface area contributed by atoms with Gasteiger partial charge in [-0.15, -0.1) is 11.3 Å². The molecular formula is C23H18N2O7S2. The maximum absolute atomic E-state index is 12.7. The highest BCUT2D eigenvalue weighted by Gasteiger charge is 2.21. The van der Waals surface area contributed by atoms with E-state index >= 15 is 0 Å². The Morgan fingerprint density at radius 1 is 1.26 bits per heavy atom. The lowest BCUT2D eigenvalue weighted by molar-refractivity contribution is -0.387. The van der Waals surface area contributed by atoms with Crippen LogP contribution in [0.2, 0.25) is 0 Å². The lowest BCUT2D eigenvalue weighted by atomic mass is 10.0. The summed E-state index contributed by atoms with van der Waals surface area (Å²) in [5.74, 6) is -0.772. The van der Waals surface area contributed by atoms with Crippen LogP contribution in [0.4, 0.5) is 5.69 Å². The van der Waals surface area contributed by atoms with Crippen LogP contribution in [0.3, 0.4) is 0 Å². The summed E-state index contributed by atoms with van der Waals surface area (Å²) in [6.45, 7) is 3.45. The molecule has 0 radical (unpaired) electrons. The number of nitro benzene ring substituents is 1. The molecule has 0 saturated carbocycles. The van der Waals surface area contributed by atoms with E-state index in [4.69, 9.17) is 9.15 Å². The second-order valence-corrected chi connectivity index (χ2v) is 9.44. The molecular weight excluding hydrogens is 480 g/mol. The predicted molar refractivity (Wildman–Crippen MR) is 127 cm³/mol. The van der Waals surface area contributed by atoms with E-state index in [-0.39, 0.29) is 29.2 Å². The Balaban J connectivity index is 1.58. The predicted octanol–water partition coefficient (Wildman–Crippen LogP) is 5.24. The van der Waals surface area contributed by atoms with E-state index in [1.165, 1.54) is 35.6 Å². The van der Waals surface area contributed by atoms with E-state index in [1.807, 2.05) is 19.2 Å². The maximum atomic E-state index is 12.7. The number of phenols is 1. The van der Waals surface area contributed by atoms with Gasteiger partial charge in [-0.3, -0.25) is 10.1 Å². The van der Waals surface area contributed by atoms with Crippen LogP contribution in [0.15, 0.2) is 60.2 Å². The number of carbonyl (C=O) groups is 1. The highest BCUT2D eigenvalue weighted by molar-refractivity contribution is 8.01. The van der Waals surface area contributed by atoms with Crippen molar-refractivity contribution in [2.24, 2.45) is 0 Å². The zero-order valence-electron chi connectivity index (χ0n) is 18.1. The Bertz CT molecular complexity index is 1480. The molecule has 9 nitrogen and oxygen atoms in total. The Kier molecular flexibility index (Phi) is 6.66. The van der Waals surface area contributed by atoms with Crippen LogP contribution in [-0.2, 0) is 17.8 Å². The van der Waals surface area contributed by atoms with Crippen LogP contribution in [0.5, 0.6) is 5.75 Å². The summed E-state index contributed by atoms with van der Waals surface area (Å²) in [6, 6.07) is 8.33. The zero-order valence-corrected chi connectivity index (χ0v) is 19.7. The van der Waals surface area contributed by atoms with Crippen molar-refractivity contribution in [3.8, 4) is 5.75 Å². The van der Waals surface area contributed by atoms with Crippen LogP contribution in [-0.4, -0.2) is 21.0 Å². The summed E-state index contributed by atoms with van der Waals surface area (Å²) in [7, 11) is 0. The summed E-state index contributed by atoms with van der Waals surface area (Å²) in [6.07, 6.45) is 0.550. The minimum atomic E-state index is -0.777. The molecule has 2 heterocycles. The first-order valence-electron chi connectivity index (χ1n) is 10.1. The SMILES string of the molecule is CCc1cc2c(COC(=O)c3ccc(Sc4nc(C)cs4)c([N+](=O)[O-])c3)cc(=O)oc2cc1O. The Morgan fingerprint density at radius 3 is 2.74 bits per heavy atom. The normalized spacial score (nSPS) is 11.0. The number of aromatic hydroxyl groups is 1. The number of carbonyl (C=O) groups excluding carboxylic acids is 1. The van der Waals surface area contributed by atoms with Gasteiger partial charge in [0.2, 0.25) is 0 Å². The molecule has 34 heavy (non-hydrogen) atoms. The third-order valence-electron chi connectivity index (χ3n) is 4.96. The second kappa shape index (κ2) is 9.65. The Labute approximate surface area is 201 Å². The molecule has 4 rings (SSSR count). The lowest BCUT2D eigenvalue weighted by Crippen LogP contribution is -2.08. The highest BCUT2D eigenvalue weighted by atomic mass is 32.2. The number of ether oxygens (including phenoxy) is 1. The van der Waals surface area contributed by atoms with Crippen LogP contribution < -0.4 is 5.63 Å². The smallest absolute Gasteiger partial charge is 0.338 e. The van der Waals surface area contributed by atoms with Crippen LogP contribution >= 0.6 is 23.1 Å². The van der Waals surface area contributed by atoms with E-state index in [0.717, 1.165) is 23.5 Å². The summed E-state index contributed by atoms with van der Waals surface area (Å²) in [5.41, 5.74) is 1.15. The number of esters is 1. The quantitative estimate of drug-likeness (QED) is 0.157. The number of phenolic OH excluding ortho intramolecular Hbond substituents is 1. The summed E-state index contributed by atoms with van der Waals surface area (Å²) < 4.78 is 11.2. The fourth-order valence-electron chi connectivity index (χ4n) is 3.28. The van der Waals surface area contributed by atoms with Crippen LogP contribution in [0, 0.1) is 17.0 Å². The van der Waals surface area contributed by atoms with Crippen molar-refractivity contribution >= 4 is 45.7 Å². The monoisotopic (exact) mass is 498 g/mol. The number of benzene rings is 2. The van der Waals surface area contributed by atoms with Gasteiger partial charge in [-0.05, 0) is 37.1 Å². The van der Waals surface area contributed by atoms with Gasteiger partial charge in [-0.2, -0.15) is 0 Å². The van der Waals surface area contributed by atoms with Gasteiger partial charge in [0.15, 0.2) is 4.34 Å². The van der Waals surface area contributed by atoms with Gasteiger partial charge in [0, 0.05) is 40.2 Å². The van der Waals surface area contributed by atoms with Crippen molar-refractivity contribution in [1.82, 2.24) is 4.98 Å². The molecule has 0 fully saturated rings. The summed E-state index contributed by atoms with van der Waals surface area (Å²) >= 11 is 2.52. The number of rotatable bonds is 7. The van der Waals surface area contributed by atoms with Gasteiger partial charge < -0.3 is 14.3 Å². The molecule has 11 heteroatoms. The zero-order chi connectivity index (χ0) is 24.4. The first kappa shape index (κ1) is 23.5. The number of nitro groups is 1. The number of aromatic nitrogens is 1. The van der Waals surface area contributed by atoms with Gasteiger partial charge >= 0.3 is 11.6 Å². The molecule has 0 atom stereocenters. The van der Waals surface area contributed by atoms with E-state index in [9.17, 15) is 24.8 Å². The molecule has 0 aliphatic rings. The van der Waals surface area contributed by atoms with Crippen molar-refractivity contribution in [3.05, 3.63) is 84.7 Å². The van der Waals surface area contributed by atoms with Crippen molar-refractivity contribution in [2.45, 2.75) is 36.1 Å². The molecule has 0 amide bonds. The highest BCUT2D eigenvalue weighted by Crippen LogP contribution is 2.37. The van der Waals surface area contributed by atoms with Crippen molar-refractivity contribution in [2.75, 3.05) is 0 Å². The maximum Gasteiger partial charge on any atom is 0.338 e. The van der Waals surface area contributed by atoms with E-state index < -0.39 is 16.5 Å². The van der Waals surface area contributed by atoms with Gasteiger partial charge in [-0.1, -0.05) is 18.7 Å². The largest absolute Gasteiger partial charge is 0.508 e. The average Bonchev–Trinajstić information content (AvgIpc) is 3.21. The van der Waals surface area contributed by atoms with Gasteiger partial charge in [0.25, 0.3) is 5.69 Å². The molecule has 2 aromatic heterocycles. The van der Waals surface area contributed by atoms with Crippen LogP contribution in [0.1, 0.15) is 34.1 Å². The minimum absolute atomic E-state index is 0.00507. The molecule has 0 saturated heterocycles. The topological polar surface area (TPSA) is 133 Å². The minimum Gasteiger partial charge on any atom is -0.508 e. The van der Waals surface area contributed by atoms with E-state index in [0.29, 0.717) is 32.2 Å². The number of thiazole rings is 1. The molecule has 2 aromatic carbocycles. The van der Waals surface area contributed by atoms with Crippen molar-refractivity contribution < 1.29 is 24.0 Å². The fourth-order valence-corrected chi connectivity index (χ4v) is 5.16. The summed E-state index contributed by atoms with van der Waals surface area (Å²) in [5, 5.41) is 24.0. The Morgan fingerprint density at radius 2 is 2.06 bits per heavy atom. The third-order valence-corrected chi connectivity index (χ3v) is 7.08. The van der Waals surface area contributed by atoms with Gasteiger partial charge in [-0.25, -0.2) is 14.6 Å². The number of nitrogens with zero attached hydrogens (tertiary/aromatic N) is 2. The van der Waals surface area contributed by atoms with E-state index in [2.05, 4.69) is 4.98 Å². The molecule has 4 aromatic rings. The molecule has 174 valence electrons. The third kappa shape index (κ3) is 4.95. The average molecular weight is 499 g/mol.